The minimum absolute atomic E-state index is 0.230. The Morgan fingerprint density at radius 2 is 0.957 bits per heavy atom. The highest BCUT2D eigenvalue weighted by molar-refractivity contribution is 4.81. The van der Waals surface area contributed by atoms with Crippen molar-refractivity contribution in [3.8, 4) is 0 Å². The van der Waals surface area contributed by atoms with Gasteiger partial charge in [-0.05, 0) is 39.5 Å². The average Bonchev–Trinajstić information content (AvgIpc) is 2.80. The van der Waals surface area contributed by atoms with Gasteiger partial charge in [0.05, 0.1) is 12.2 Å². The van der Waals surface area contributed by atoms with Gasteiger partial charge < -0.3 is 19.7 Å². The highest BCUT2D eigenvalue weighted by atomic mass is 16.7. The van der Waals surface area contributed by atoms with Gasteiger partial charge in [-0.2, -0.15) is 0 Å². The lowest BCUT2D eigenvalue weighted by atomic mass is 10.00. The first-order valence-electron chi connectivity index (χ1n) is 9.66. The van der Waals surface area contributed by atoms with Crippen molar-refractivity contribution >= 4 is 0 Å². The fourth-order valence-electron chi connectivity index (χ4n) is 3.37. The first kappa shape index (κ1) is 20.9. The molecule has 0 aromatic rings. The van der Waals surface area contributed by atoms with Gasteiger partial charge in [0.2, 0.25) is 0 Å². The normalized spacial score (nSPS) is 23.5. The Kier molecular flexibility index (Phi) is 11.1. The van der Waals surface area contributed by atoms with Crippen LogP contribution in [0.15, 0.2) is 0 Å². The maximum absolute atomic E-state index is 8.82. The second-order valence-corrected chi connectivity index (χ2v) is 7.27. The number of aliphatic hydroxyl groups excluding tert-OH is 2. The van der Waals surface area contributed by atoms with E-state index in [0.29, 0.717) is 13.2 Å². The lowest BCUT2D eigenvalue weighted by molar-refractivity contribution is -0.147. The van der Waals surface area contributed by atoms with Crippen molar-refractivity contribution in [2.75, 3.05) is 13.2 Å². The predicted octanol–water partition coefficient (Wildman–Crippen LogP) is 4.17. The van der Waals surface area contributed by atoms with Crippen LogP contribution in [0.25, 0.3) is 0 Å². The molecule has 1 saturated heterocycles. The summed E-state index contributed by atoms with van der Waals surface area (Å²) in [5.74, 6) is -0.443. The van der Waals surface area contributed by atoms with Gasteiger partial charge >= 0.3 is 0 Å². The molecule has 1 aliphatic rings. The summed E-state index contributed by atoms with van der Waals surface area (Å²) in [6.07, 6.45) is 14.0. The summed E-state index contributed by atoms with van der Waals surface area (Å²) in [5, 5.41) is 17.6. The van der Waals surface area contributed by atoms with Crippen LogP contribution in [0.4, 0.5) is 0 Å². The van der Waals surface area contributed by atoms with Gasteiger partial charge in [0.25, 0.3) is 0 Å². The molecule has 1 heterocycles. The Morgan fingerprint density at radius 1 is 0.609 bits per heavy atom. The summed E-state index contributed by atoms with van der Waals surface area (Å²) in [5.41, 5.74) is 0. The molecule has 0 aromatic carbocycles. The summed E-state index contributed by atoms with van der Waals surface area (Å²) < 4.78 is 12.2. The first-order chi connectivity index (χ1) is 11.1. The van der Waals surface area contributed by atoms with Crippen LogP contribution >= 0.6 is 0 Å². The molecule has 2 unspecified atom stereocenters. The van der Waals surface area contributed by atoms with E-state index < -0.39 is 5.79 Å². The minimum atomic E-state index is -0.443. The molecule has 0 spiro atoms. The number of hydrogen-bond acceptors (Lipinski definition) is 4. The van der Waals surface area contributed by atoms with E-state index in [1.54, 1.807) is 0 Å². The summed E-state index contributed by atoms with van der Waals surface area (Å²) in [6.45, 7) is 4.65. The standard InChI is InChI=1S/C19H38O4/c1-19(2)22-17(13-9-5-3-4-7-11-15-20)18(23-19)14-10-6-8-12-16-21/h17-18,20-21H,3-16H2,1-2H3. The average molecular weight is 331 g/mol. The third-order valence-corrected chi connectivity index (χ3v) is 4.58. The minimum Gasteiger partial charge on any atom is -0.396 e. The van der Waals surface area contributed by atoms with Gasteiger partial charge in [-0.3, -0.25) is 0 Å². The molecule has 138 valence electrons. The Morgan fingerprint density at radius 3 is 1.35 bits per heavy atom. The van der Waals surface area contributed by atoms with E-state index in [9.17, 15) is 0 Å². The van der Waals surface area contributed by atoms with Crippen LogP contribution < -0.4 is 0 Å². The molecule has 23 heavy (non-hydrogen) atoms. The number of rotatable bonds is 14. The van der Waals surface area contributed by atoms with E-state index in [1.165, 1.54) is 32.1 Å². The van der Waals surface area contributed by atoms with Crippen molar-refractivity contribution in [1.29, 1.82) is 0 Å². The SMILES string of the molecule is CC1(C)OC(CCCCCCO)C(CCCCCCCCO)O1. The van der Waals surface area contributed by atoms with Gasteiger partial charge in [0, 0.05) is 13.2 Å². The lowest BCUT2D eigenvalue weighted by Gasteiger charge is -2.16. The van der Waals surface area contributed by atoms with Crippen molar-refractivity contribution < 1.29 is 19.7 Å². The van der Waals surface area contributed by atoms with Crippen molar-refractivity contribution in [3.63, 3.8) is 0 Å². The van der Waals surface area contributed by atoms with Crippen LogP contribution in [0.3, 0.4) is 0 Å². The highest BCUT2D eigenvalue weighted by Gasteiger charge is 2.40. The quantitative estimate of drug-likeness (QED) is 0.469. The Balaban J connectivity index is 2.16. The van der Waals surface area contributed by atoms with Crippen LogP contribution in [0.2, 0.25) is 0 Å². The molecule has 1 fully saturated rings. The molecule has 4 nitrogen and oxygen atoms in total. The zero-order valence-corrected chi connectivity index (χ0v) is 15.3. The van der Waals surface area contributed by atoms with Crippen LogP contribution in [-0.2, 0) is 9.47 Å². The summed E-state index contributed by atoms with van der Waals surface area (Å²) in [7, 11) is 0. The van der Waals surface area contributed by atoms with E-state index in [4.69, 9.17) is 19.7 Å². The molecule has 0 aromatic heterocycles. The maximum atomic E-state index is 8.82. The molecule has 0 aliphatic carbocycles. The molecule has 0 amide bonds. The van der Waals surface area contributed by atoms with Crippen LogP contribution in [-0.4, -0.2) is 41.4 Å². The topological polar surface area (TPSA) is 58.9 Å². The number of aliphatic hydroxyl groups is 2. The number of hydrogen-bond donors (Lipinski definition) is 2. The third kappa shape index (κ3) is 9.65. The van der Waals surface area contributed by atoms with Gasteiger partial charge in [-0.15, -0.1) is 0 Å². The molecule has 0 bridgehead atoms. The van der Waals surface area contributed by atoms with E-state index in [-0.39, 0.29) is 12.2 Å². The smallest absolute Gasteiger partial charge is 0.163 e. The summed E-state index contributed by atoms with van der Waals surface area (Å²) in [6, 6.07) is 0. The summed E-state index contributed by atoms with van der Waals surface area (Å²) >= 11 is 0. The highest BCUT2D eigenvalue weighted by Crippen LogP contribution is 2.33. The number of ether oxygens (including phenoxy) is 2. The zero-order valence-electron chi connectivity index (χ0n) is 15.3. The van der Waals surface area contributed by atoms with Crippen LogP contribution in [0.5, 0.6) is 0 Å². The summed E-state index contributed by atoms with van der Waals surface area (Å²) in [4.78, 5) is 0. The zero-order chi connectivity index (χ0) is 17.0. The Bertz CT molecular complexity index is 281. The van der Waals surface area contributed by atoms with Gasteiger partial charge in [-0.25, -0.2) is 0 Å². The van der Waals surface area contributed by atoms with Crippen molar-refractivity contribution in [3.05, 3.63) is 0 Å². The number of unbranched alkanes of at least 4 members (excludes halogenated alkanes) is 8. The molecule has 0 saturated carbocycles. The molecular weight excluding hydrogens is 292 g/mol. The lowest BCUT2D eigenvalue weighted by Crippen LogP contribution is -2.22. The van der Waals surface area contributed by atoms with E-state index in [1.807, 2.05) is 13.8 Å². The van der Waals surface area contributed by atoms with Crippen LogP contribution in [0, 0.1) is 0 Å². The van der Waals surface area contributed by atoms with Crippen molar-refractivity contribution in [2.24, 2.45) is 0 Å². The Labute approximate surface area is 142 Å². The van der Waals surface area contributed by atoms with Gasteiger partial charge in [0.15, 0.2) is 5.79 Å². The predicted molar refractivity (Wildman–Crippen MR) is 93.4 cm³/mol. The molecule has 2 atom stereocenters. The van der Waals surface area contributed by atoms with E-state index in [2.05, 4.69) is 0 Å². The molecule has 1 aliphatic heterocycles. The molecule has 0 radical (unpaired) electrons. The van der Waals surface area contributed by atoms with E-state index in [0.717, 1.165) is 44.9 Å². The van der Waals surface area contributed by atoms with Crippen molar-refractivity contribution in [2.45, 2.75) is 109 Å². The fraction of sp³-hybridized carbons (Fsp3) is 1.00. The fourth-order valence-corrected chi connectivity index (χ4v) is 3.37. The van der Waals surface area contributed by atoms with Gasteiger partial charge in [0.1, 0.15) is 0 Å². The van der Waals surface area contributed by atoms with Crippen LogP contribution in [0.1, 0.15) is 90.9 Å². The molecule has 2 N–H and O–H groups in total. The third-order valence-electron chi connectivity index (χ3n) is 4.58. The monoisotopic (exact) mass is 330 g/mol. The first-order valence-corrected chi connectivity index (χ1v) is 9.66. The molecule has 4 heteroatoms. The molecular formula is C19H38O4. The maximum Gasteiger partial charge on any atom is 0.163 e. The van der Waals surface area contributed by atoms with E-state index >= 15 is 0 Å². The van der Waals surface area contributed by atoms with Gasteiger partial charge in [-0.1, -0.05) is 51.4 Å². The second kappa shape index (κ2) is 12.2. The van der Waals surface area contributed by atoms with Crippen molar-refractivity contribution in [1.82, 2.24) is 0 Å². The Hall–Kier alpha value is -0.160. The second-order valence-electron chi connectivity index (χ2n) is 7.27. The molecule has 1 rings (SSSR count). The largest absolute Gasteiger partial charge is 0.396 e.